The van der Waals surface area contributed by atoms with Crippen LogP contribution in [-0.4, -0.2) is 48.3 Å². The first-order chi connectivity index (χ1) is 14.6. The second-order valence-electron chi connectivity index (χ2n) is 10.2. The van der Waals surface area contributed by atoms with E-state index in [-0.39, 0.29) is 22.7 Å². The van der Waals surface area contributed by atoms with Gasteiger partial charge >= 0.3 is 0 Å². The molecule has 2 nitrogen and oxygen atoms in total. The Labute approximate surface area is 186 Å². The van der Waals surface area contributed by atoms with Crippen LogP contribution < -0.4 is 0 Å². The molecule has 4 fully saturated rings. The number of unbranched alkanes of at least 4 members (excludes halogenated alkanes) is 1. The van der Waals surface area contributed by atoms with Gasteiger partial charge in [-0.15, -0.1) is 11.8 Å². The molecule has 4 aliphatic rings. The predicted octanol–water partition coefficient (Wildman–Crippen LogP) is 6.71. The molecule has 30 heavy (non-hydrogen) atoms. The molecule has 1 heterocycles. The first-order valence-electron chi connectivity index (χ1n) is 12.6. The van der Waals surface area contributed by atoms with Gasteiger partial charge in [0.1, 0.15) is 12.3 Å². The highest BCUT2D eigenvalue weighted by Crippen LogP contribution is 2.56. The van der Waals surface area contributed by atoms with Gasteiger partial charge in [0.25, 0.3) is 0 Å². The molecular formula is C25H41F2O2S. The van der Waals surface area contributed by atoms with Gasteiger partial charge in [-0.2, -0.15) is 0 Å². The van der Waals surface area contributed by atoms with Crippen LogP contribution in [0.1, 0.15) is 84.5 Å². The molecule has 3 saturated carbocycles. The maximum atomic E-state index is 15.5. The van der Waals surface area contributed by atoms with E-state index < -0.39 is 12.3 Å². The van der Waals surface area contributed by atoms with E-state index in [4.69, 9.17) is 9.47 Å². The minimum Gasteiger partial charge on any atom is -0.375 e. The Morgan fingerprint density at radius 2 is 1.43 bits per heavy atom. The van der Waals surface area contributed by atoms with Crippen molar-refractivity contribution in [3.63, 3.8) is 0 Å². The van der Waals surface area contributed by atoms with Crippen LogP contribution >= 0.6 is 11.8 Å². The predicted molar refractivity (Wildman–Crippen MR) is 120 cm³/mol. The summed E-state index contributed by atoms with van der Waals surface area (Å²) in [7, 11) is 0. The normalized spacial score (nSPS) is 42.8. The lowest BCUT2D eigenvalue weighted by molar-refractivity contribution is -0.0540. The van der Waals surface area contributed by atoms with Crippen molar-refractivity contribution < 1.29 is 18.3 Å². The summed E-state index contributed by atoms with van der Waals surface area (Å²) in [5.74, 6) is 2.97. The molecule has 0 spiro atoms. The fourth-order valence-corrected chi connectivity index (χ4v) is 8.39. The molecule has 0 aromatic carbocycles. The van der Waals surface area contributed by atoms with Crippen LogP contribution in [0.5, 0.6) is 0 Å². The summed E-state index contributed by atoms with van der Waals surface area (Å²) in [6.45, 7) is 5.68. The number of fused-ring (bicyclic) bond motifs is 3. The Morgan fingerprint density at radius 3 is 2.00 bits per heavy atom. The molecule has 8 unspecified atom stereocenters. The van der Waals surface area contributed by atoms with Crippen LogP contribution in [0.3, 0.4) is 0 Å². The van der Waals surface area contributed by atoms with Crippen molar-refractivity contribution in [2.75, 3.05) is 13.2 Å². The van der Waals surface area contributed by atoms with Gasteiger partial charge in [0, 0.05) is 23.0 Å². The fraction of sp³-hybridized carbons (Fsp3) is 0.960. The SMILES string of the molecule is CCCCOC1CCC2C3CCC(OC[C]4CCC(CC)CC4)C(F)C3SC2C1F. The average Bonchev–Trinajstić information content (AvgIpc) is 3.16. The third-order valence-electron chi connectivity index (χ3n) is 8.34. The van der Waals surface area contributed by atoms with Gasteiger partial charge in [-0.3, -0.25) is 0 Å². The Hall–Kier alpha value is 0.130. The van der Waals surface area contributed by atoms with E-state index in [1.54, 1.807) is 11.8 Å². The minimum absolute atomic E-state index is 0.0870. The van der Waals surface area contributed by atoms with Gasteiger partial charge in [-0.1, -0.05) is 26.7 Å². The highest BCUT2D eigenvalue weighted by molar-refractivity contribution is 8.00. The zero-order chi connectivity index (χ0) is 21.1. The molecule has 0 bridgehead atoms. The van der Waals surface area contributed by atoms with Crippen LogP contribution in [0.4, 0.5) is 8.78 Å². The minimum atomic E-state index is -0.960. The smallest absolute Gasteiger partial charge is 0.138 e. The van der Waals surface area contributed by atoms with Crippen LogP contribution in [0.2, 0.25) is 0 Å². The molecule has 1 saturated heterocycles. The quantitative estimate of drug-likeness (QED) is 0.388. The number of halogens is 2. The monoisotopic (exact) mass is 443 g/mol. The zero-order valence-electron chi connectivity index (χ0n) is 18.9. The van der Waals surface area contributed by atoms with Crippen molar-refractivity contribution in [3.05, 3.63) is 5.92 Å². The average molecular weight is 444 g/mol. The van der Waals surface area contributed by atoms with Crippen molar-refractivity contribution in [3.8, 4) is 0 Å². The first kappa shape index (κ1) is 23.3. The Bertz CT molecular complexity index is 527. The third kappa shape index (κ3) is 5.03. The molecule has 8 atom stereocenters. The molecule has 1 radical (unpaired) electrons. The summed E-state index contributed by atoms with van der Waals surface area (Å²) in [5, 5.41) is -0.178. The van der Waals surface area contributed by atoms with Gasteiger partial charge in [0.15, 0.2) is 0 Å². The number of alkyl halides is 2. The van der Waals surface area contributed by atoms with Crippen molar-refractivity contribution in [2.45, 2.75) is 120 Å². The van der Waals surface area contributed by atoms with E-state index >= 15 is 8.78 Å². The lowest BCUT2D eigenvalue weighted by atomic mass is 9.71. The maximum Gasteiger partial charge on any atom is 0.138 e. The second-order valence-corrected chi connectivity index (χ2v) is 11.5. The Balaban J connectivity index is 1.27. The van der Waals surface area contributed by atoms with Crippen LogP contribution in [0.15, 0.2) is 0 Å². The molecule has 4 rings (SSSR count). The Morgan fingerprint density at radius 1 is 0.833 bits per heavy atom. The highest BCUT2D eigenvalue weighted by atomic mass is 32.2. The van der Waals surface area contributed by atoms with Gasteiger partial charge in [-0.05, 0) is 75.5 Å². The number of rotatable bonds is 8. The summed E-state index contributed by atoms with van der Waals surface area (Å²) < 4.78 is 42.7. The zero-order valence-corrected chi connectivity index (χ0v) is 19.7. The van der Waals surface area contributed by atoms with Crippen molar-refractivity contribution in [1.29, 1.82) is 0 Å². The molecule has 1 aliphatic heterocycles. The highest BCUT2D eigenvalue weighted by Gasteiger charge is 2.56. The second kappa shape index (κ2) is 10.8. The molecule has 5 heteroatoms. The standard InChI is InChI=1S/C25H41F2O2S/c1-3-5-14-28-20-12-10-18-19-11-13-21(23(27)25(19)30-24(18)22(20)26)29-15-17-8-6-16(4-2)7-9-17/h16,18-25H,3-15H2,1-2H3. The first-order valence-corrected chi connectivity index (χ1v) is 13.6. The molecule has 0 N–H and O–H groups in total. The van der Waals surface area contributed by atoms with Crippen molar-refractivity contribution in [2.24, 2.45) is 17.8 Å². The lowest BCUT2D eigenvalue weighted by Crippen LogP contribution is -2.45. The molecule has 0 aromatic rings. The summed E-state index contributed by atoms with van der Waals surface area (Å²) in [6, 6.07) is 0. The summed E-state index contributed by atoms with van der Waals surface area (Å²) in [5.41, 5.74) is 0. The van der Waals surface area contributed by atoms with Gasteiger partial charge < -0.3 is 9.47 Å². The lowest BCUT2D eigenvalue weighted by Gasteiger charge is -2.39. The summed E-state index contributed by atoms with van der Waals surface area (Å²) >= 11 is 1.59. The topological polar surface area (TPSA) is 18.5 Å². The maximum absolute atomic E-state index is 15.5. The molecule has 3 aliphatic carbocycles. The van der Waals surface area contributed by atoms with Gasteiger partial charge in [0.2, 0.25) is 0 Å². The largest absolute Gasteiger partial charge is 0.375 e. The number of hydrogen-bond acceptors (Lipinski definition) is 3. The molecular weight excluding hydrogens is 402 g/mol. The van der Waals surface area contributed by atoms with E-state index in [1.165, 1.54) is 25.2 Å². The number of hydrogen-bond donors (Lipinski definition) is 0. The van der Waals surface area contributed by atoms with Crippen LogP contribution in [0.25, 0.3) is 0 Å². The van der Waals surface area contributed by atoms with E-state index in [9.17, 15) is 0 Å². The number of ether oxygens (including phenoxy) is 2. The molecule has 173 valence electrons. The van der Waals surface area contributed by atoms with E-state index in [2.05, 4.69) is 13.8 Å². The summed E-state index contributed by atoms with van der Waals surface area (Å²) in [6.07, 6.45) is 9.23. The third-order valence-corrected chi connectivity index (χ3v) is 10.2. The van der Waals surface area contributed by atoms with E-state index in [1.807, 2.05) is 0 Å². The fourth-order valence-electron chi connectivity index (χ4n) is 6.30. The van der Waals surface area contributed by atoms with Crippen molar-refractivity contribution in [1.82, 2.24) is 0 Å². The van der Waals surface area contributed by atoms with Crippen LogP contribution in [0, 0.1) is 23.7 Å². The van der Waals surface area contributed by atoms with Crippen molar-refractivity contribution >= 4 is 11.8 Å². The summed E-state index contributed by atoms with van der Waals surface area (Å²) in [4.78, 5) is 0. The number of thioether (sulfide) groups is 1. The van der Waals surface area contributed by atoms with E-state index in [0.717, 1.165) is 57.3 Å². The molecule has 0 amide bonds. The van der Waals surface area contributed by atoms with Crippen LogP contribution in [-0.2, 0) is 9.47 Å². The Kier molecular flexibility index (Phi) is 8.41. The van der Waals surface area contributed by atoms with E-state index in [0.29, 0.717) is 25.0 Å². The van der Waals surface area contributed by atoms with Gasteiger partial charge in [-0.25, -0.2) is 8.78 Å². The molecule has 0 aromatic heterocycles. The van der Waals surface area contributed by atoms with Gasteiger partial charge in [0.05, 0.1) is 18.8 Å².